The number of amides is 4. The van der Waals surface area contributed by atoms with Crippen LogP contribution in [0.4, 0.5) is 23.3 Å². The Morgan fingerprint density at radius 3 is 0.729 bits per heavy atom. The summed E-state index contributed by atoms with van der Waals surface area (Å²) < 4.78 is 60.6. The lowest BCUT2D eigenvalue weighted by molar-refractivity contribution is -0.0592. The Hall–Kier alpha value is -14.2. The molecule has 12 N–H and O–H groups in total. The lowest BCUT2D eigenvalue weighted by atomic mass is 9.89. The standard InChI is InChI=1S/4C25H29N7O4/c4*1-26-22-10-18(29-24-15(11-28-32(22)24)25(34)30-17-5-6-20(17)33)16-12-31(23-14(16)4-3-8-27-23)19-7-9-36-13-21(19)35-2/h4*3-4,8,10-12,17,19-21,26,33H,5-7,9,13H2,1-2H3,(H,30,34)/t17?,19-,20+,21+;17-,19+,20+,21-;2*17-,19-,20+,21+/m0010/s1. The van der Waals surface area contributed by atoms with Crippen molar-refractivity contribution < 1.29 is 77.5 Å². The van der Waals surface area contributed by atoms with E-state index in [0.29, 0.717) is 169 Å². The van der Waals surface area contributed by atoms with Gasteiger partial charge in [0.25, 0.3) is 23.6 Å². The van der Waals surface area contributed by atoms with Crippen molar-refractivity contribution in [2.45, 2.75) is 174 Å². The fourth-order valence-electron chi connectivity index (χ4n) is 20.5. The van der Waals surface area contributed by atoms with Crippen molar-refractivity contribution in [3.63, 3.8) is 0 Å². The molecule has 16 aromatic heterocycles. The van der Waals surface area contributed by atoms with Gasteiger partial charge < -0.3 is 119 Å². The average molecular weight is 1970 g/mol. The second kappa shape index (κ2) is 41.3. The summed E-state index contributed by atoms with van der Waals surface area (Å²) in [5, 5.41) is 85.3. The third-order valence-electron chi connectivity index (χ3n) is 29.3. The molecule has 1 unspecified atom stereocenters. The van der Waals surface area contributed by atoms with Crippen LogP contribution in [0.25, 0.3) is 112 Å². The van der Waals surface area contributed by atoms with E-state index in [4.69, 9.17) is 57.8 Å². The highest BCUT2D eigenvalue weighted by Crippen LogP contribution is 2.43. The quantitative estimate of drug-likeness (QED) is 0.0272. The second-order valence-electron chi connectivity index (χ2n) is 37.3. The van der Waals surface area contributed by atoms with Gasteiger partial charge in [-0.25, -0.2) is 39.9 Å². The summed E-state index contributed by atoms with van der Waals surface area (Å²) in [6.07, 6.45) is 28.2. The first-order valence-corrected chi connectivity index (χ1v) is 48.8. The maximum Gasteiger partial charge on any atom is 0.257 e. The van der Waals surface area contributed by atoms with Gasteiger partial charge in [-0.2, -0.15) is 38.5 Å². The zero-order chi connectivity index (χ0) is 99.2. The molecule has 0 aromatic carbocycles. The summed E-state index contributed by atoms with van der Waals surface area (Å²) >= 11 is 0. The van der Waals surface area contributed by atoms with Crippen LogP contribution in [-0.2, 0) is 37.9 Å². The predicted octanol–water partition coefficient (Wildman–Crippen LogP) is 8.07. The minimum atomic E-state index is -0.507. The molecule has 16 aromatic rings. The van der Waals surface area contributed by atoms with Gasteiger partial charge in [0, 0.05) is 201 Å². The number of pyridine rings is 4. The first-order chi connectivity index (χ1) is 70.3. The number of aliphatic hydroxyl groups is 4. The third kappa shape index (κ3) is 18.0. The minimum Gasteiger partial charge on any atom is -0.391 e. The van der Waals surface area contributed by atoms with Crippen molar-refractivity contribution in [2.24, 2.45) is 0 Å². The van der Waals surface area contributed by atoms with E-state index in [-0.39, 0.29) is 96.4 Å². The van der Waals surface area contributed by atoms with Crippen molar-refractivity contribution in [1.29, 1.82) is 0 Å². The van der Waals surface area contributed by atoms with Crippen LogP contribution in [0.3, 0.4) is 0 Å². The van der Waals surface area contributed by atoms with E-state index < -0.39 is 24.4 Å². The molecule has 4 saturated heterocycles. The van der Waals surface area contributed by atoms with Crippen LogP contribution in [0, 0.1) is 0 Å². The zero-order valence-electron chi connectivity index (χ0n) is 80.9. The molecule has 4 amide bonds. The van der Waals surface area contributed by atoms with Crippen LogP contribution in [0.2, 0.25) is 0 Å². The average Bonchev–Trinajstić information content (AvgIpc) is 1.61. The normalized spacial score (nSPS) is 24.1. The van der Waals surface area contributed by atoms with Gasteiger partial charge in [-0.15, -0.1) is 0 Å². The third-order valence-corrected chi connectivity index (χ3v) is 29.3. The molecule has 0 spiro atoms. The molecule has 20 heterocycles. The number of methoxy groups -OCH3 is 4. The molecule has 0 bridgehead atoms. The van der Waals surface area contributed by atoms with E-state index in [1.165, 1.54) is 24.8 Å². The highest BCUT2D eigenvalue weighted by Gasteiger charge is 2.40. The van der Waals surface area contributed by atoms with E-state index in [9.17, 15) is 39.6 Å². The molecule has 752 valence electrons. The number of ether oxygens (including phenoxy) is 8. The van der Waals surface area contributed by atoms with Gasteiger partial charge >= 0.3 is 0 Å². The van der Waals surface area contributed by atoms with Crippen LogP contribution in [0.5, 0.6) is 0 Å². The molecule has 8 fully saturated rings. The Morgan fingerprint density at radius 2 is 0.542 bits per heavy atom. The summed E-state index contributed by atoms with van der Waals surface area (Å²) in [6, 6.07) is 22.8. The van der Waals surface area contributed by atoms with Gasteiger partial charge in [0.2, 0.25) is 0 Å². The monoisotopic (exact) mass is 1960 g/mol. The van der Waals surface area contributed by atoms with Gasteiger partial charge in [0.1, 0.15) is 92.5 Å². The SMILES string of the molecule is CNc1cc(-c2cn([C@@H]3CCOC[C@@H]3OC)c3ncccc23)nc2c(C(=O)N[C@@H]3CC[C@@H]3O)cnn12.CNc1cc(-c2cn([C@@H]3CCOC[C@@H]3OC)c3ncccc23)nc2c(C(=O)N[C@H]3CC[C@H]3O)cnn12.CNc1cc(-c2cn([C@H]3CCOC[C@H]3OC)c3ncccc23)nc2c(C(=O)NC3CC[C@H]3O)cnn12.CNc1cc(-c2cn([C@H]3CCOC[C@H]3OC)c3ncccc23)nc2c(C(=O)N[C@H]3CC[C@H]3O)cnn12. The van der Waals surface area contributed by atoms with E-state index in [2.05, 4.69) is 126 Å². The molecule has 24 rings (SSSR count). The van der Waals surface area contributed by atoms with Gasteiger partial charge in [-0.1, -0.05) is 0 Å². The molecule has 8 aliphatic rings. The fraction of sp³-hybridized carbons (Fsp3) is 0.440. The van der Waals surface area contributed by atoms with Crippen molar-refractivity contribution in [3.8, 4) is 45.0 Å². The molecule has 144 heavy (non-hydrogen) atoms. The molecule has 4 aliphatic carbocycles. The van der Waals surface area contributed by atoms with E-state index in [1.807, 2.05) is 72.8 Å². The molecule has 0 radical (unpaired) electrons. The fourth-order valence-corrected chi connectivity index (χ4v) is 20.5. The number of hydrogen-bond acceptors (Lipinski definition) is 32. The summed E-state index contributed by atoms with van der Waals surface area (Å²) in [5.74, 6) is 1.60. The first-order valence-electron chi connectivity index (χ1n) is 48.8. The molecule has 44 nitrogen and oxygen atoms in total. The number of anilines is 4. The summed E-state index contributed by atoms with van der Waals surface area (Å²) in [6.45, 7) is 4.74. The zero-order valence-corrected chi connectivity index (χ0v) is 80.9. The summed E-state index contributed by atoms with van der Waals surface area (Å²) in [7, 11) is 14.0. The Balaban J connectivity index is 0.000000113. The van der Waals surface area contributed by atoms with E-state index >= 15 is 0 Å². The number of aromatic nitrogens is 20. The van der Waals surface area contributed by atoms with Crippen molar-refractivity contribution >= 4 is 114 Å². The van der Waals surface area contributed by atoms with E-state index in [0.717, 1.165) is 118 Å². The van der Waals surface area contributed by atoms with Gasteiger partial charge in [0.05, 0.1) is 147 Å². The van der Waals surface area contributed by atoms with Crippen LogP contribution >= 0.6 is 0 Å². The summed E-state index contributed by atoms with van der Waals surface area (Å²) in [5.41, 5.74) is 13.0. The van der Waals surface area contributed by atoms with Crippen molar-refractivity contribution in [3.05, 3.63) is 169 Å². The van der Waals surface area contributed by atoms with Crippen molar-refractivity contribution in [1.82, 2.24) is 118 Å². The molecule has 44 heteroatoms. The lowest BCUT2D eigenvalue weighted by Crippen LogP contribution is -2.50. The summed E-state index contributed by atoms with van der Waals surface area (Å²) in [4.78, 5) is 90.4. The number of hydrogen-bond donors (Lipinski definition) is 12. The number of carbonyl (C=O) groups excluding carboxylic acids is 4. The molecule has 4 aliphatic heterocycles. The van der Waals surface area contributed by atoms with Crippen LogP contribution in [-0.4, -0.2) is 323 Å². The Morgan fingerprint density at radius 1 is 0.319 bits per heavy atom. The largest absolute Gasteiger partial charge is 0.391 e. The Labute approximate surface area is 824 Å². The lowest BCUT2D eigenvalue weighted by Gasteiger charge is -2.32. The number of carbonyl (C=O) groups is 4. The van der Waals surface area contributed by atoms with Gasteiger partial charge in [-0.05, 0) is 126 Å². The highest BCUT2D eigenvalue weighted by molar-refractivity contribution is 6.05. The Bertz CT molecular complexity index is 6590. The smallest absolute Gasteiger partial charge is 0.257 e. The van der Waals surface area contributed by atoms with Gasteiger partial charge in [-0.3, -0.25) is 19.2 Å². The van der Waals surface area contributed by atoms with Gasteiger partial charge in [0.15, 0.2) is 22.6 Å². The molecular weight excluding hydrogens is 1850 g/mol. The maximum absolute atomic E-state index is 13.0. The minimum absolute atomic E-state index is 0.0765. The van der Waals surface area contributed by atoms with Crippen LogP contribution in [0.1, 0.15) is 143 Å². The molecular formula is C100H116N28O16. The number of aliphatic hydroxyl groups excluding tert-OH is 4. The highest BCUT2D eigenvalue weighted by atomic mass is 16.5. The number of nitrogens with one attached hydrogen (secondary N) is 8. The topological polar surface area (TPSA) is 511 Å². The van der Waals surface area contributed by atoms with E-state index in [1.54, 1.807) is 99.5 Å². The van der Waals surface area contributed by atoms with Crippen molar-refractivity contribution in [2.75, 3.05) is 131 Å². The first kappa shape index (κ1) is 96.0. The number of fused-ring (bicyclic) bond motifs is 8. The van der Waals surface area contributed by atoms with Crippen LogP contribution in [0.15, 0.2) is 147 Å². The predicted molar refractivity (Wildman–Crippen MR) is 532 cm³/mol. The Kier molecular flexibility index (Phi) is 27.5. The number of rotatable bonds is 24. The number of nitrogens with zero attached hydrogens (tertiary/aromatic N) is 20. The van der Waals surface area contributed by atoms with Crippen LogP contribution < -0.4 is 42.5 Å². The second-order valence-corrected chi connectivity index (χ2v) is 37.3. The molecule has 16 atom stereocenters. The maximum atomic E-state index is 13.0. The molecule has 4 saturated carbocycles.